The molecule has 1 heterocycles. The van der Waals surface area contributed by atoms with E-state index in [0.717, 1.165) is 0 Å². The summed E-state index contributed by atoms with van der Waals surface area (Å²) in [7, 11) is 1.56. The minimum atomic E-state index is -0.378. The van der Waals surface area contributed by atoms with Gasteiger partial charge in [-0.1, -0.05) is 12.1 Å². The Morgan fingerprint density at radius 1 is 1.07 bits per heavy atom. The van der Waals surface area contributed by atoms with E-state index in [0.29, 0.717) is 42.9 Å². The van der Waals surface area contributed by atoms with E-state index in [1.165, 1.54) is 6.07 Å². The van der Waals surface area contributed by atoms with Crippen molar-refractivity contribution < 1.29 is 14.5 Å². The monoisotopic (exact) mass is 382 g/mol. The van der Waals surface area contributed by atoms with Crippen molar-refractivity contribution in [3.8, 4) is 0 Å². The Balaban J connectivity index is 1.58. The highest BCUT2D eigenvalue weighted by Gasteiger charge is 2.28. The Morgan fingerprint density at radius 3 is 2.32 bits per heavy atom. The van der Waals surface area contributed by atoms with Gasteiger partial charge in [-0.25, -0.2) is 0 Å². The number of carbonyl (C=O) groups is 2. The molecule has 2 N–H and O–H groups in total. The third-order valence-electron chi connectivity index (χ3n) is 4.93. The Hall–Kier alpha value is -3.42. The molecule has 0 bridgehead atoms. The van der Waals surface area contributed by atoms with Crippen LogP contribution >= 0.6 is 0 Å². The highest BCUT2D eigenvalue weighted by molar-refractivity contribution is 5.96. The summed E-state index contributed by atoms with van der Waals surface area (Å²) >= 11 is 0. The zero-order valence-corrected chi connectivity index (χ0v) is 15.6. The topological polar surface area (TPSA) is 105 Å². The fourth-order valence-corrected chi connectivity index (χ4v) is 3.36. The van der Waals surface area contributed by atoms with Crippen molar-refractivity contribution in [2.75, 3.05) is 30.4 Å². The van der Waals surface area contributed by atoms with Crippen molar-refractivity contribution in [3.05, 3.63) is 64.2 Å². The second kappa shape index (κ2) is 8.51. The van der Waals surface area contributed by atoms with Gasteiger partial charge in [0.25, 0.3) is 11.6 Å². The maximum absolute atomic E-state index is 12.5. The van der Waals surface area contributed by atoms with Crippen LogP contribution in [0, 0.1) is 16.0 Å². The number of piperidine rings is 1. The van der Waals surface area contributed by atoms with Crippen LogP contribution in [0.4, 0.5) is 17.1 Å². The molecule has 8 heteroatoms. The third kappa shape index (κ3) is 4.28. The molecule has 2 amide bonds. The lowest BCUT2D eigenvalue weighted by Gasteiger charge is -2.32. The molecule has 0 aliphatic carbocycles. The SMILES string of the molecule is CNC(=O)c1ccc(NC(=O)C2CCN(c3ccccc3[N+](=O)[O-])CC2)cc1. The number of nitrogens with zero attached hydrogens (tertiary/aromatic N) is 2. The van der Waals surface area contributed by atoms with Crippen LogP contribution in [0.2, 0.25) is 0 Å². The van der Waals surface area contributed by atoms with Gasteiger partial charge in [0.05, 0.1) is 4.92 Å². The summed E-state index contributed by atoms with van der Waals surface area (Å²) in [5, 5.41) is 16.6. The first-order valence-corrected chi connectivity index (χ1v) is 9.11. The van der Waals surface area contributed by atoms with Crippen LogP contribution in [0.5, 0.6) is 0 Å². The Morgan fingerprint density at radius 2 is 1.71 bits per heavy atom. The summed E-state index contributed by atoms with van der Waals surface area (Å²) in [4.78, 5) is 36.9. The average Bonchev–Trinajstić information content (AvgIpc) is 2.73. The summed E-state index contributed by atoms with van der Waals surface area (Å²) in [5.41, 5.74) is 1.84. The molecule has 146 valence electrons. The van der Waals surface area contributed by atoms with Gasteiger partial charge in [-0.05, 0) is 43.2 Å². The van der Waals surface area contributed by atoms with Crippen molar-refractivity contribution in [1.29, 1.82) is 0 Å². The number of hydrogen-bond acceptors (Lipinski definition) is 5. The number of rotatable bonds is 5. The van der Waals surface area contributed by atoms with Crippen molar-refractivity contribution in [3.63, 3.8) is 0 Å². The van der Waals surface area contributed by atoms with Crippen LogP contribution in [0.15, 0.2) is 48.5 Å². The molecule has 2 aromatic carbocycles. The highest BCUT2D eigenvalue weighted by Crippen LogP contribution is 2.31. The molecule has 1 aliphatic heterocycles. The average molecular weight is 382 g/mol. The van der Waals surface area contributed by atoms with Gasteiger partial charge in [0.2, 0.25) is 5.91 Å². The highest BCUT2D eigenvalue weighted by atomic mass is 16.6. The summed E-state index contributed by atoms with van der Waals surface area (Å²) in [5.74, 6) is -0.409. The molecule has 0 unspecified atom stereocenters. The minimum Gasteiger partial charge on any atom is -0.366 e. The molecule has 0 spiro atoms. The van der Waals surface area contributed by atoms with Crippen LogP contribution in [0.3, 0.4) is 0 Å². The van der Waals surface area contributed by atoms with Gasteiger partial charge in [0.1, 0.15) is 5.69 Å². The molecule has 1 fully saturated rings. The molecule has 0 saturated carbocycles. The molecule has 8 nitrogen and oxygen atoms in total. The van der Waals surface area contributed by atoms with Crippen LogP contribution in [0.25, 0.3) is 0 Å². The normalized spacial score (nSPS) is 14.4. The van der Waals surface area contributed by atoms with Crippen molar-refractivity contribution in [1.82, 2.24) is 5.32 Å². The van der Waals surface area contributed by atoms with E-state index in [1.807, 2.05) is 4.90 Å². The van der Waals surface area contributed by atoms with Crippen LogP contribution < -0.4 is 15.5 Å². The van der Waals surface area contributed by atoms with Crippen molar-refractivity contribution in [2.45, 2.75) is 12.8 Å². The lowest BCUT2D eigenvalue weighted by Crippen LogP contribution is -2.38. The number of hydrogen-bond donors (Lipinski definition) is 2. The number of para-hydroxylation sites is 2. The third-order valence-corrected chi connectivity index (χ3v) is 4.93. The van der Waals surface area contributed by atoms with E-state index in [9.17, 15) is 19.7 Å². The lowest BCUT2D eigenvalue weighted by molar-refractivity contribution is -0.384. The van der Waals surface area contributed by atoms with Gasteiger partial charge < -0.3 is 15.5 Å². The predicted molar refractivity (Wildman–Crippen MR) is 106 cm³/mol. The van der Waals surface area contributed by atoms with Gasteiger partial charge in [-0.2, -0.15) is 0 Å². The van der Waals surface area contributed by atoms with E-state index in [4.69, 9.17) is 0 Å². The minimum absolute atomic E-state index is 0.0742. The molecule has 1 saturated heterocycles. The summed E-state index contributed by atoms with van der Waals surface area (Å²) in [6.07, 6.45) is 1.24. The number of anilines is 2. The van der Waals surface area contributed by atoms with Crippen molar-refractivity contribution >= 4 is 28.9 Å². The first kappa shape index (κ1) is 19.3. The molecule has 0 atom stereocenters. The molecule has 2 aromatic rings. The number of nitro benzene ring substituents is 1. The standard InChI is InChI=1S/C20H22N4O4/c1-21-19(25)14-6-8-16(9-7-14)22-20(26)15-10-12-23(13-11-15)17-4-2-3-5-18(17)24(27)28/h2-9,15H,10-13H2,1H3,(H,21,25)(H,22,26). The Labute approximate surface area is 162 Å². The molecule has 28 heavy (non-hydrogen) atoms. The van der Waals surface area contributed by atoms with Gasteiger partial charge in [-0.15, -0.1) is 0 Å². The predicted octanol–water partition coefficient (Wildman–Crippen LogP) is 2.81. The first-order valence-electron chi connectivity index (χ1n) is 9.11. The number of nitrogens with one attached hydrogen (secondary N) is 2. The molecule has 0 radical (unpaired) electrons. The van der Waals surface area contributed by atoms with Crippen molar-refractivity contribution in [2.24, 2.45) is 5.92 Å². The fourth-order valence-electron chi connectivity index (χ4n) is 3.36. The summed E-state index contributed by atoms with van der Waals surface area (Å²) < 4.78 is 0. The van der Waals surface area contributed by atoms with E-state index >= 15 is 0 Å². The van der Waals surface area contributed by atoms with Crippen LogP contribution in [-0.2, 0) is 4.79 Å². The van der Waals surface area contributed by atoms with Gasteiger partial charge in [0, 0.05) is 43.4 Å². The maximum atomic E-state index is 12.5. The zero-order chi connectivity index (χ0) is 20.1. The summed E-state index contributed by atoms with van der Waals surface area (Å²) in [6, 6.07) is 13.4. The smallest absolute Gasteiger partial charge is 0.292 e. The van der Waals surface area contributed by atoms with E-state index < -0.39 is 0 Å². The van der Waals surface area contributed by atoms with Crippen LogP contribution in [0.1, 0.15) is 23.2 Å². The number of benzene rings is 2. The van der Waals surface area contributed by atoms with Gasteiger partial charge >= 0.3 is 0 Å². The largest absolute Gasteiger partial charge is 0.366 e. The molecular weight excluding hydrogens is 360 g/mol. The molecular formula is C20H22N4O4. The zero-order valence-electron chi connectivity index (χ0n) is 15.6. The van der Waals surface area contributed by atoms with Crippen LogP contribution in [-0.4, -0.2) is 36.9 Å². The fraction of sp³-hybridized carbons (Fsp3) is 0.300. The maximum Gasteiger partial charge on any atom is 0.292 e. The number of carbonyl (C=O) groups excluding carboxylic acids is 2. The molecule has 0 aromatic heterocycles. The van der Waals surface area contributed by atoms with Gasteiger partial charge in [0.15, 0.2) is 0 Å². The Bertz CT molecular complexity index is 874. The molecule has 1 aliphatic rings. The molecule has 3 rings (SSSR count). The summed E-state index contributed by atoms with van der Waals surface area (Å²) in [6.45, 7) is 1.16. The van der Waals surface area contributed by atoms with Gasteiger partial charge in [-0.3, -0.25) is 19.7 Å². The first-order chi connectivity index (χ1) is 13.5. The quantitative estimate of drug-likeness (QED) is 0.611. The number of amides is 2. The second-order valence-electron chi connectivity index (χ2n) is 6.65. The lowest BCUT2D eigenvalue weighted by atomic mass is 9.95. The van der Waals surface area contributed by atoms with E-state index in [2.05, 4.69) is 10.6 Å². The van der Waals surface area contributed by atoms with E-state index in [1.54, 1.807) is 49.5 Å². The number of nitro groups is 1. The Kier molecular flexibility index (Phi) is 5.88. The second-order valence-corrected chi connectivity index (χ2v) is 6.65. The van der Waals surface area contributed by atoms with E-state index in [-0.39, 0.29) is 28.3 Å².